The van der Waals surface area contributed by atoms with E-state index in [1.54, 1.807) is 28.2 Å². The third-order valence-electron chi connectivity index (χ3n) is 7.08. The number of hydrogen-bond acceptors (Lipinski definition) is 5. The summed E-state index contributed by atoms with van der Waals surface area (Å²) < 4.78 is 28.3. The maximum atomic E-state index is 13.3. The Balaban J connectivity index is 1.21. The molecule has 3 heterocycles. The second kappa shape index (κ2) is 9.41. The molecule has 2 aromatic carbocycles. The molecule has 0 aliphatic carbocycles. The number of hydrogen-bond donors (Lipinski definition) is 1. The number of anilines is 1. The van der Waals surface area contributed by atoms with Crippen molar-refractivity contribution >= 4 is 33.4 Å². The molecule has 5 rings (SSSR count). The van der Waals surface area contributed by atoms with Crippen LogP contribution >= 0.6 is 11.8 Å². The normalized spacial score (nSPS) is 22.8. The van der Waals surface area contributed by atoms with Crippen molar-refractivity contribution in [1.82, 2.24) is 9.21 Å². The van der Waals surface area contributed by atoms with E-state index < -0.39 is 10.0 Å². The van der Waals surface area contributed by atoms with E-state index in [1.807, 2.05) is 13.0 Å². The lowest BCUT2D eigenvalue weighted by Gasteiger charge is -2.36. The Morgan fingerprint density at radius 2 is 1.82 bits per heavy atom. The summed E-state index contributed by atoms with van der Waals surface area (Å²) in [6, 6.07) is 13.8. The van der Waals surface area contributed by atoms with Gasteiger partial charge in [-0.25, -0.2) is 8.42 Å². The highest BCUT2D eigenvalue weighted by Crippen LogP contribution is 2.35. The topological polar surface area (TPSA) is 69.7 Å². The van der Waals surface area contributed by atoms with Crippen LogP contribution in [-0.4, -0.2) is 55.5 Å². The SMILES string of the molecule is C[C@@H]1CSc2ccc(S(=O)(=O)N3CCC(CN4CCc5ccccc5C4)CC3)cc2NC1=O. The van der Waals surface area contributed by atoms with Gasteiger partial charge in [0.1, 0.15) is 0 Å². The van der Waals surface area contributed by atoms with E-state index in [9.17, 15) is 13.2 Å². The first kappa shape index (κ1) is 22.9. The number of amides is 1. The van der Waals surface area contributed by atoms with Crippen LogP contribution < -0.4 is 5.32 Å². The molecule has 3 aliphatic rings. The zero-order valence-electron chi connectivity index (χ0n) is 19.0. The van der Waals surface area contributed by atoms with E-state index in [1.165, 1.54) is 11.1 Å². The Hall–Kier alpha value is -1.87. The first-order chi connectivity index (χ1) is 15.9. The molecule has 0 bridgehead atoms. The molecule has 0 radical (unpaired) electrons. The molecule has 0 saturated carbocycles. The van der Waals surface area contributed by atoms with Crippen LogP contribution in [0.25, 0.3) is 0 Å². The van der Waals surface area contributed by atoms with Gasteiger partial charge in [0, 0.05) is 49.3 Å². The fourth-order valence-corrected chi connectivity index (χ4v) is 7.50. The molecule has 1 amide bonds. The maximum Gasteiger partial charge on any atom is 0.243 e. The minimum atomic E-state index is -3.58. The van der Waals surface area contributed by atoms with Crippen molar-refractivity contribution in [1.29, 1.82) is 0 Å². The van der Waals surface area contributed by atoms with Crippen molar-refractivity contribution in [2.75, 3.05) is 37.2 Å². The molecule has 0 unspecified atom stereocenters. The van der Waals surface area contributed by atoms with Gasteiger partial charge < -0.3 is 5.32 Å². The zero-order chi connectivity index (χ0) is 23.0. The highest BCUT2D eigenvalue weighted by Gasteiger charge is 2.31. The van der Waals surface area contributed by atoms with Crippen LogP contribution in [-0.2, 0) is 27.8 Å². The third kappa shape index (κ3) is 4.85. The molecule has 0 aromatic heterocycles. The van der Waals surface area contributed by atoms with Gasteiger partial charge >= 0.3 is 0 Å². The van der Waals surface area contributed by atoms with Gasteiger partial charge in [-0.05, 0) is 54.5 Å². The second-order valence-electron chi connectivity index (χ2n) is 9.46. The van der Waals surface area contributed by atoms with Crippen LogP contribution in [0, 0.1) is 11.8 Å². The average molecular weight is 486 g/mol. The lowest BCUT2D eigenvalue weighted by molar-refractivity contribution is -0.118. The van der Waals surface area contributed by atoms with E-state index in [2.05, 4.69) is 34.5 Å². The van der Waals surface area contributed by atoms with Crippen molar-refractivity contribution in [3.8, 4) is 0 Å². The van der Waals surface area contributed by atoms with Crippen LogP contribution in [0.4, 0.5) is 5.69 Å². The molecule has 0 spiro atoms. The van der Waals surface area contributed by atoms with Gasteiger partial charge in [-0.2, -0.15) is 4.31 Å². The summed E-state index contributed by atoms with van der Waals surface area (Å²) in [5, 5.41) is 2.90. The number of fused-ring (bicyclic) bond motifs is 2. The molecule has 176 valence electrons. The fraction of sp³-hybridized carbons (Fsp3) is 0.480. The number of benzene rings is 2. The molecule has 33 heavy (non-hydrogen) atoms. The molecule has 2 aromatic rings. The molecule has 1 atom stereocenters. The first-order valence-electron chi connectivity index (χ1n) is 11.8. The molecule has 6 nitrogen and oxygen atoms in total. The van der Waals surface area contributed by atoms with Crippen molar-refractivity contribution in [2.45, 2.75) is 42.5 Å². The molecule has 8 heteroatoms. The Morgan fingerprint density at radius 3 is 2.61 bits per heavy atom. The van der Waals surface area contributed by atoms with Gasteiger partial charge in [0.2, 0.25) is 15.9 Å². The number of thioether (sulfide) groups is 1. The smallest absolute Gasteiger partial charge is 0.243 e. The largest absolute Gasteiger partial charge is 0.325 e. The van der Waals surface area contributed by atoms with Crippen molar-refractivity contribution in [3.05, 3.63) is 53.6 Å². The minimum Gasteiger partial charge on any atom is -0.325 e. The van der Waals surface area contributed by atoms with Crippen LogP contribution in [0.3, 0.4) is 0 Å². The van der Waals surface area contributed by atoms with E-state index in [-0.39, 0.29) is 16.7 Å². The standard InChI is InChI=1S/C25H31N3O3S2/c1-18-17-32-24-7-6-22(14-23(24)26-25(18)29)33(30,31)28-12-8-19(9-13-28)15-27-11-10-20-4-2-3-5-21(20)16-27/h2-7,14,18-19H,8-13,15-17H2,1H3,(H,26,29)/t18-/m1/s1. The second-order valence-corrected chi connectivity index (χ2v) is 12.5. The molecule has 3 aliphatic heterocycles. The predicted octanol–water partition coefficient (Wildman–Crippen LogP) is 3.83. The summed E-state index contributed by atoms with van der Waals surface area (Å²) in [4.78, 5) is 15.9. The third-order valence-corrected chi connectivity index (χ3v) is 10.3. The quantitative estimate of drug-likeness (QED) is 0.713. The van der Waals surface area contributed by atoms with E-state index in [0.717, 1.165) is 43.8 Å². The maximum absolute atomic E-state index is 13.3. The molecular formula is C25H31N3O3S2. The van der Waals surface area contributed by atoms with Gasteiger partial charge in [-0.15, -0.1) is 11.8 Å². The van der Waals surface area contributed by atoms with Gasteiger partial charge in [-0.3, -0.25) is 9.69 Å². The van der Waals surface area contributed by atoms with Crippen molar-refractivity contribution in [2.24, 2.45) is 11.8 Å². The number of sulfonamides is 1. The molecule has 1 saturated heterocycles. The van der Waals surface area contributed by atoms with Crippen LogP contribution in [0.5, 0.6) is 0 Å². The predicted molar refractivity (Wildman–Crippen MR) is 132 cm³/mol. The zero-order valence-corrected chi connectivity index (χ0v) is 20.6. The highest BCUT2D eigenvalue weighted by molar-refractivity contribution is 7.99. The Morgan fingerprint density at radius 1 is 1.06 bits per heavy atom. The number of carbonyl (C=O) groups is 1. The lowest BCUT2D eigenvalue weighted by atomic mass is 9.94. The molecule has 1 fully saturated rings. The van der Waals surface area contributed by atoms with Crippen molar-refractivity contribution in [3.63, 3.8) is 0 Å². The van der Waals surface area contributed by atoms with Gasteiger partial charge in [0.05, 0.1) is 10.6 Å². The molecule has 1 N–H and O–H groups in total. The van der Waals surface area contributed by atoms with Crippen molar-refractivity contribution < 1.29 is 13.2 Å². The number of piperidine rings is 1. The van der Waals surface area contributed by atoms with Gasteiger partial charge in [-0.1, -0.05) is 31.2 Å². The Labute approximate surface area is 200 Å². The van der Waals surface area contributed by atoms with E-state index in [0.29, 0.717) is 30.4 Å². The fourth-order valence-electron chi connectivity index (χ4n) is 5.00. The molecular weight excluding hydrogens is 454 g/mol. The van der Waals surface area contributed by atoms with Crippen LogP contribution in [0.2, 0.25) is 0 Å². The van der Waals surface area contributed by atoms with E-state index >= 15 is 0 Å². The average Bonchev–Trinajstić information content (AvgIpc) is 2.97. The van der Waals surface area contributed by atoms with Crippen LogP contribution in [0.15, 0.2) is 52.3 Å². The lowest BCUT2D eigenvalue weighted by Crippen LogP contribution is -2.42. The minimum absolute atomic E-state index is 0.0584. The number of nitrogens with one attached hydrogen (secondary N) is 1. The summed E-state index contributed by atoms with van der Waals surface area (Å²) in [5.41, 5.74) is 3.49. The van der Waals surface area contributed by atoms with E-state index in [4.69, 9.17) is 0 Å². The summed E-state index contributed by atoms with van der Waals surface area (Å²) >= 11 is 1.59. The summed E-state index contributed by atoms with van der Waals surface area (Å²) in [7, 11) is -3.58. The number of rotatable bonds is 4. The van der Waals surface area contributed by atoms with Gasteiger partial charge in [0.25, 0.3) is 0 Å². The number of carbonyl (C=O) groups excluding carboxylic acids is 1. The first-order valence-corrected chi connectivity index (χ1v) is 14.2. The Kier molecular flexibility index (Phi) is 6.53. The highest BCUT2D eigenvalue weighted by atomic mass is 32.2. The van der Waals surface area contributed by atoms with Crippen LogP contribution in [0.1, 0.15) is 30.9 Å². The monoisotopic (exact) mass is 485 g/mol. The van der Waals surface area contributed by atoms with Gasteiger partial charge in [0.15, 0.2) is 0 Å². The summed E-state index contributed by atoms with van der Waals surface area (Å²) in [6.07, 6.45) is 2.86. The summed E-state index contributed by atoms with van der Waals surface area (Å²) in [6.45, 7) is 6.08. The Bertz CT molecular complexity index is 1140. The summed E-state index contributed by atoms with van der Waals surface area (Å²) in [5.74, 6) is 1.05. The number of nitrogens with zero attached hydrogens (tertiary/aromatic N) is 2.